The molecule has 0 fully saturated rings. The number of rotatable bonds is 6. The van der Waals surface area contributed by atoms with Crippen LogP contribution < -0.4 is 52.4 Å². The molecule has 0 aliphatic carbocycles. The molecular weight excluding hydrogens is 990 g/mol. The van der Waals surface area contributed by atoms with Crippen LogP contribution in [0, 0.1) is 69.2 Å². The number of hydrogen-bond acceptors (Lipinski definition) is 4. The number of nitrogens with zero attached hydrogens (tertiary/aromatic N) is 4. The Morgan fingerprint density at radius 3 is 0.817 bits per heavy atom. The monoisotopic (exact) mass is 1050 g/mol. The topological polar surface area (TPSA) is 13.0 Å². The minimum Gasteiger partial charge on any atom is -0.311 e. The van der Waals surface area contributed by atoms with Gasteiger partial charge < -0.3 is 19.6 Å². The predicted octanol–water partition coefficient (Wildman–Crippen LogP) is 16.3. The highest BCUT2D eigenvalue weighted by Gasteiger charge is 2.49. The van der Waals surface area contributed by atoms with Crippen molar-refractivity contribution in [3.05, 3.63) is 262 Å². The van der Waals surface area contributed by atoms with Gasteiger partial charge in [0.05, 0.1) is 0 Å². The first-order valence-corrected chi connectivity index (χ1v) is 29.1. The lowest BCUT2D eigenvalue weighted by atomic mass is 9.30. The normalized spacial score (nSPS) is 13.3. The Morgan fingerprint density at radius 2 is 0.488 bits per heavy atom. The van der Waals surface area contributed by atoms with Crippen LogP contribution in [0.15, 0.2) is 206 Å². The van der Waals surface area contributed by atoms with Gasteiger partial charge in [0.1, 0.15) is 0 Å². The van der Waals surface area contributed by atoms with Crippen molar-refractivity contribution >= 4 is 114 Å². The molecule has 4 heterocycles. The molecule has 11 aromatic carbocycles. The van der Waals surface area contributed by atoms with Gasteiger partial charge in [0.2, 0.25) is 0 Å². The number of hydrogen-bond donors (Lipinski definition) is 0. The Bertz CT molecular complexity index is 4180. The number of benzene rings is 11. The van der Waals surface area contributed by atoms with E-state index in [4.69, 9.17) is 0 Å². The summed E-state index contributed by atoms with van der Waals surface area (Å²) in [6.45, 7) is 22.1. The first kappa shape index (κ1) is 49.8. The second kappa shape index (κ2) is 18.7. The van der Waals surface area contributed by atoms with Crippen LogP contribution in [0.4, 0.5) is 68.2 Å². The molecule has 15 rings (SSSR count). The van der Waals surface area contributed by atoms with Gasteiger partial charge in [0, 0.05) is 68.2 Å². The number of anilines is 12. The molecule has 0 amide bonds. The smallest absolute Gasteiger partial charge is 0.252 e. The maximum absolute atomic E-state index is 2.67. The van der Waals surface area contributed by atoms with E-state index in [2.05, 4.69) is 295 Å². The van der Waals surface area contributed by atoms with Crippen molar-refractivity contribution in [1.29, 1.82) is 0 Å². The lowest BCUT2D eigenvalue weighted by Crippen LogP contribution is -2.65. The first-order valence-electron chi connectivity index (χ1n) is 29.1. The van der Waals surface area contributed by atoms with Gasteiger partial charge in [-0.15, -0.1) is 0 Å². The lowest BCUT2D eigenvalue weighted by Gasteiger charge is -2.47. The standard InChI is InChI=1S/C76H64B2N4/c1-45-13-25-57(26-14-45)79-67-33-21-51(7)37-63(67)77-65-43-66-70(44-69(65)81(59-29-17-47(3)18-30-59)73-41-55(39-71(79)75(73)77)61-35-49(5)11-23-53(61)9)82(60-31-19-48(4)20-32-60)74-42-56(62-36-50(6)12-24-54(62)10)40-72-76(74)78(66)64-38-52(8)22-34-68(64)80(72)58-27-15-46(2)16-28-58/h11-44H,1-10H3. The van der Waals surface area contributed by atoms with Crippen LogP contribution in [0.1, 0.15) is 55.6 Å². The van der Waals surface area contributed by atoms with Gasteiger partial charge >= 0.3 is 0 Å². The third kappa shape index (κ3) is 7.75. The molecule has 394 valence electrons. The lowest BCUT2D eigenvalue weighted by molar-refractivity contribution is 1.23. The zero-order valence-corrected chi connectivity index (χ0v) is 48.6. The van der Waals surface area contributed by atoms with Gasteiger partial charge in [-0.05, 0) is 226 Å². The van der Waals surface area contributed by atoms with Gasteiger partial charge in [-0.2, -0.15) is 0 Å². The van der Waals surface area contributed by atoms with E-state index in [0.29, 0.717) is 0 Å². The van der Waals surface area contributed by atoms with Crippen molar-refractivity contribution in [2.24, 2.45) is 0 Å². The molecule has 0 N–H and O–H groups in total. The third-order valence-electron chi connectivity index (χ3n) is 18.1. The maximum atomic E-state index is 2.67. The molecule has 4 nitrogen and oxygen atoms in total. The van der Waals surface area contributed by atoms with Gasteiger partial charge in [-0.3, -0.25) is 0 Å². The zero-order chi connectivity index (χ0) is 56.0. The average molecular weight is 1050 g/mol. The summed E-state index contributed by atoms with van der Waals surface area (Å²) in [7, 11) is 0. The largest absolute Gasteiger partial charge is 0.311 e. The van der Waals surface area contributed by atoms with Crippen molar-refractivity contribution in [1.82, 2.24) is 0 Å². The molecule has 82 heavy (non-hydrogen) atoms. The summed E-state index contributed by atoms with van der Waals surface area (Å²) in [6.07, 6.45) is 0. The Labute approximate surface area is 484 Å². The van der Waals surface area contributed by atoms with Crippen LogP contribution in [0.3, 0.4) is 0 Å². The van der Waals surface area contributed by atoms with Gasteiger partial charge in [-0.1, -0.05) is 160 Å². The summed E-state index contributed by atoms with van der Waals surface area (Å²) in [5.74, 6) is 0. The Balaban J connectivity index is 1.10. The van der Waals surface area contributed by atoms with Crippen LogP contribution in [0.5, 0.6) is 0 Å². The molecule has 0 spiro atoms. The highest BCUT2D eigenvalue weighted by Crippen LogP contribution is 2.51. The van der Waals surface area contributed by atoms with Crippen LogP contribution in [-0.2, 0) is 0 Å². The maximum Gasteiger partial charge on any atom is 0.252 e. The molecule has 11 aromatic rings. The summed E-state index contributed by atoms with van der Waals surface area (Å²) in [6, 6.07) is 80.2. The zero-order valence-electron chi connectivity index (χ0n) is 48.6. The van der Waals surface area contributed by atoms with Crippen molar-refractivity contribution in [3.8, 4) is 22.3 Å². The summed E-state index contributed by atoms with van der Waals surface area (Å²) < 4.78 is 0. The molecular formula is C76H64B2N4. The second-order valence-electron chi connectivity index (χ2n) is 24.1. The summed E-state index contributed by atoms with van der Waals surface area (Å²) in [5.41, 5.74) is 39.4. The van der Waals surface area contributed by atoms with Crippen molar-refractivity contribution in [2.45, 2.75) is 69.2 Å². The minimum absolute atomic E-state index is 0.0961. The predicted molar refractivity (Wildman–Crippen MR) is 353 cm³/mol. The molecule has 6 heteroatoms. The van der Waals surface area contributed by atoms with Gasteiger partial charge in [0.25, 0.3) is 13.4 Å². The van der Waals surface area contributed by atoms with Crippen LogP contribution in [0.2, 0.25) is 0 Å². The van der Waals surface area contributed by atoms with E-state index >= 15 is 0 Å². The summed E-state index contributed by atoms with van der Waals surface area (Å²) in [4.78, 5) is 10.4. The molecule has 0 unspecified atom stereocenters. The van der Waals surface area contributed by atoms with E-state index in [1.54, 1.807) is 0 Å². The van der Waals surface area contributed by atoms with Crippen LogP contribution in [-0.4, -0.2) is 13.4 Å². The summed E-state index contributed by atoms with van der Waals surface area (Å²) >= 11 is 0. The second-order valence-corrected chi connectivity index (χ2v) is 24.1. The molecule has 0 aromatic heterocycles. The highest BCUT2D eigenvalue weighted by atomic mass is 15.2. The summed E-state index contributed by atoms with van der Waals surface area (Å²) in [5, 5.41) is 0. The fourth-order valence-electron chi connectivity index (χ4n) is 14.0. The molecule has 0 atom stereocenters. The van der Waals surface area contributed by atoms with E-state index in [1.165, 1.54) is 156 Å². The molecule has 4 aliphatic rings. The van der Waals surface area contributed by atoms with Crippen molar-refractivity contribution < 1.29 is 0 Å². The Kier molecular flexibility index (Phi) is 11.3. The van der Waals surface area contributed by atoms with Crippen molar-refractivity contribution in [3.63, 3.8) is 0 Å². The number of aryl methyl sites for hydroxylation is 10. The molecule has 0 saturated heterocycles. The van der Waals surface area contributed by atoms with E-state index in [9.17, 15) is 0 Å². The first-order chi connectivity index (χ1) is 39.7. The Hall–Kier alpha value is -9.25. The Morgan fingerprint density at radius 1 is 0.220 bits per heavy atom. The van der Waals surface area contributed by atoms with Crippen LogP contribution >= 0.6 is 0 Å². The minimum atomic E-state index is -0.0961. The molecule has 0 bridgehead atoms. The molecule has 0 radical (unpaired) electrons. The van der Waals surface area contributed by atoms with Crippen LogP contribution in [0.25, 0.3) is 22.3 Å². The van der Waals surface area contributed by atoms with E-state index in [0.717, 1.165) is 22.7 Å². The fraction of sp³-hybridized carbons (Fsp3) is 0.132. The SMILES string of the molecule is Cc1ccc(N2c3ccc(C)cc3B3c4cc5c(cc4N(c4ccc(C)cc4)c4cc(-c6cc(C)ccc6C)cc2c43)N(c2ccc(C)cc2)c2cc(-c3cc(C)ccc3C)cc3c2B5c2cc(C)ccc2N3c2ccc(C)cc2)cc1. The van der Waals surface area contributed by atoms with Gasteiger partial charge in [0.15, 0.2) is 0 Å². The highest BCUT2D eigenvalue weighted by molar-refractivity contribution is 7.03. The average Bonchev–Trinajstić information content (AvgIpc) is 0.933. The molecule has 4 aliphatic heterocycles. The molecule has 0 saturated carbocycles. The van der Waals surface area contributed by atoms with E-state index < -0.39 is 0 Å². The van der Waals surface area contributed by atoms with E-state index in [1.807, 2.05) is 0 Å². The van der Waals surface area contributed by atoms with Gasteiger partial charge in [-0.25, -0.2) is 0 Å². The van der Waals surface area contributed by atoms with E-state index in [-0.39, 0.29) is 13.4 Å². The number of fused-ring (bicyclic) bond motifs is 8. The van der Waals surface area contributed by atoms with Crippen molar-refractivity contribution in [2.75, 3.05) is 19.6 Å². The fourth-order valence-corrected chi connectivity index (χ4v) is 14.0. The quantitative estimate of drug-likeness (QED) is 0.154. The third-order valence-corrected chi connectivity index (χ3v) is 18.1.